The molecule has 0 fully saturated rings. The average Bonchev–Trinajstić information content (AvgIpc) is 2.05. The predicted molar refractivity (Wildman–Crippen MR) is 62.9 cm³/mol. The first-order valence-corrected chi connectivity index (χ1v) is 6.08. The van der Waals surface area contributed by atoms with Crippen LogP contribution < -0.4 is 0 Å². The van der Waals surface area contributed by atoms with E-state index >= 15 is 0 Å². The van der Waals surface area contributed by atoms with Gasteiger partial charge >= 0.3 is 0 Å². The molecular weight excluding hydrogens is 200 g/mol. The summed E-state index contributed by atoms with van der Waals surface area (Å²) >= 11 is 7.71. The highest BCUT2D eigenvalue weighted by Crippen LogP contribution is 2.27. The van der Waals surface area contributed by atoms with Crippen LogP contribution in [0.5, 0.6) is 0 Å². The molecule has 1 aromatic carbocycles. The van der Waals surface area contributed by atoms with E-state index in [0.717, 1.165) is 10.8 Å². The van der Waals surface area contributed by atoms with Crippen molar-refractivity contribution in [2.24, 2.45) is 0 Å². The fourth-order valence-corrected chi connectivity index (χ4v) is 2.36. The fraction of sp³-hybridized carbons (Fsp3) is 0.455. The summed E-state index contributed by atoms with van der Waals surface area (Å²) in [6.45, 7) is 4.51. The first-order valence-electron chi connectivity index (χ1n) is 4.31. The van der Waals surface area contributed by atoms with Crippen LogP contribution in [-0.2, 0) is 5.41 Å². The molecule has 13 heavy (non-hydrogen) atoms. The van der Waals surface area contributed by atoms with Gasteiger partial charge in [-0.2, -0.15) is 11.8 Å². The van der Waals surface area contributed by atoms with Gasteiger partial charge in [0.1, 0.15) is 0 Å². The van der Waals surface area contributed by atoms with Crippen LogP contribution in [0.1, 0.15) is 19.4 Å². The number of benzene rings is 1. The van der Waals surface area contributed by atoms with Crippen LogP contribution >= 0.6 is 23.4 Å². The summed E-state index contributed by atoms with van der Waals surface area (Å²) in [7, 11) is 0. The van der Waals surface area contributed by atoms with Gasteiger partial charge in [-0.05, 0) is 29.4 Å². The Bertz CT molecular complexity index is 264. The van der Waals surface area contributed by atoms with E-state index in [0.29, 0.717) is 0 Å². The van der Waals surface area contributed by atoms with Gasteiger partial charge in [0.25, 0.3) is 0 Å². The second kappa shape index (κ2) is 4.39. The molecule has 0 spiro atoms. The molecule has 0 aliphatic rings. The van der Waals surface area contributed by atoms with Crippen molar-refractivity contribution in [2.45, 2.75) is 19.3 Å². The molecule has 0 aromatic heterocycles. The Balaban J connectivity index is 2.87. The van der Waals surface area contributed by atoms with Crippen molar-refractivity contribution in [3.63, 3.8) is 0 Å². The topological polar surface area (TPSA) is 0 Å². The number of hydrogen-bond donors (Lipinski definition) is 0. The van der Waals surface area contributed by atoms with E-state index in [-0.39, 0.29) is 5.41 Å². The predicted octanol–water partition coefficient (Wildman–Crippen LogP) is 3.98. The number of hydrogen-bond acceptors (Lipinski definition) is 1. The lowest BCUT2D eigenvalue weighted by molar-refractivity contribution is 0.603. The summed E-state index contributed by atoms with van der Waals surface area (Å²) in [5.74, 6) is 1.13. The molecule has 0 nitrogen and oxygen atoms in total. The first-order chi connectivity index (χ1) is 6.06. The Kier molecular flexibility index (Phi) is 3.69. The summed E-state index contributed by atoms with van der Waals surface area (Å²) in [5, 5.41) is 0.809. The van der Waals surface area contributed by atoms with E-state index in [1.54, 1.807) is 0 Å². The van der Waals surface area contributed by atoms with Crippen LogP contribution in [-0.4, -0.2) is 12.0 Å². The van der Waals surface area contributed by atoms with E-state index in [2.05, 4.69) is 32.2 Å². The SMILES string of the molecule is CSCC(C)(C)c1ccc(Cl)cc1. The molecule has 0 atom stereocenters. The minimum atomic E-state index is 0.240. The van der Waals surface area contributed by atoms with Crippen LogP contribution in [0.2, 0.25) is 5.02 Å². The van der Waals surface area contributed by atoms with Crippen LogP contribution in [0.25, 0.3) is 0 Å². The molecule has 0 aliphatic heterocycles. The van der Waals surface area contributed by atoms with Crippen LogP contribution in [0.4, 0.5) is 0 Å². The molecule has 0 heterocycles. The molecule has 0 aliphatic carbocycles. The molecule has 1 rings (SSSR count). The average molecular weight is 215 g/mol. The van der Waals surface area contributed by atoms with E-state index in [1.165, 1.54) is 5.56 Å². The summed E-state index contributed by atoms with van der Waals surface area (Å²) in [4.78, 5) is 0. The van der Waals surface area contributed by atoms with Crippen molar-refractivity contribution >= 4 is 23.4 Å². The lowest BCUT2D eigenvalue weighted by atomic mass is 9.87. The zero-order valence-electron chi connectivity index (χ0n) is 8.30. The van der Waals surface area contributed by atoms with Crippen molar-refractivity contribution < 1.29 is 0 Å². The van der Waals surface area contributed by atoms with Crippen molar-refractivity contribution in [1.29, 1.82) is 0 Å². The lowest BCUT2D eigenvalue weighted by Crippen LogP contribution is -2.19. The van der Waals surface area contributed by atoms with Gasteiger partial charge in [-0.1, -0.05) is 37.6 Å². The molecule has 0 bridgehead atoms. The van der Waals surface area contributed by atoms with Crippen molar-refractivity contribution in [2.75, 3.05) is 12.0 Å². The second-order valence-corrected chi connectivity index (χ2v) is 5.13. The summed E-state index contributed by atoms with van der Waals surface area (Å²) in [6, 6.07) is 8.13. The third-order valence-corrected chi connectivity index (χ3v) is 3.39. The zero-order chi connectivity index (χ0) is 9.90. The van der Waals surface area contributed by atoms with Gasteiger partial charge in [0.05, 0.1) is 0 Å². The highest BCUT2D eigenvalue weighted by atomic mass is 35.5. The minimum Gasteiger partial charge on any atom is -0.165 e. The van der Waals surface area contributed by atoms with Gasteiger partial charge in [0.15, 0.2) is 0 Å². The Hall–Kier alpha value is -0.140. The monoisotopic (exact) mass is 214 g/mol. The third kappa shape index (κ3) is 2.92. The molecular formula is C11H15ClS. The molecule has 2 heteroatoms. The van der Waals surface area contributed by atoms with E-state index in [1.807, 2.05) is 23.9 Å². The third-order valence-electron chi connectivity index (χ3n) is 2.13. The zero-order valence-corrected chi connectivity index (χ0v) is 9.88. The summed E-state index contributed by atoms with van der Waals surface area (Å²) in [5.41, 5.74) is 1.59. The molecule has 0 saturated carbocycles. The Labute approximate surface area is 89.7 Å². The van der Waals surface area contributed by atoms with Crippen molar-refractivity contribution in [1.82, 2.24) is 0 Å². The summed E-state index contributed by atoms with van der Waals surface area (Å²) in [6.07, 6.45) is 2.14. The Morgan fingerprint density at radius 2 is 1.77 bits per heavy atom. The maximum atomic E-state index is 5.83. The normalized spacial score (nSPS) is 11.7. The molecule has 72 valence electrons. The van der Waals surface area contributed by atoms with Crippen LogP contribution in [0, 0.1) is 0 Å². The molecule has 0 radical (unpaired) electrons. The smallest absolute Gasteiger partial charge is 0.0406 e. The van der Waals surface area contributed by atoms with Crippen molar-refractivity contribution in [3.8, 4) is 0 Å². The molecule has 0 amide bonds. The molecule has 1 aromatic rings. The standard InChI is InChI=1S/C11H15ClS/c1-11(2,8-13-3)9-4-6-10(12)7-5-9/h4-7H,8H2,1-3H3. The number of thioether (sulfide) groups is 1. The number of rotatable bonds is 3. The maximum absolute atomic E-state index is 5.83. The fourth-order valence-electron chi connectivity index (χ4n) is 1.35. The molecule has 0 N–H and O–H groups in total. The second-order valence-electron chi connectivity index (χ2n) is 3.82. The highest BCUT2D eigenvalue weighted by Gasteiger charge is 2.19. The molecule has 0 saturated heterocycles. The van der Waals surface area contributed by atoms with E-state index < -0.39 is 0 Å². The quantitative estimate of drug-likeness (QED) is 0.734. The highest BCUT2D eigenvalue weighted by molar-refractivity contribution is 7.98. The largest absolute Gasteiger partial charge is 0.165 e. The first kappa shape index (κ1) is 10.9. The van der Waals surface area contributed by atoms with Gasteiger partial charge in [-0.15, -0.1) is 0 Å². The Morgan fingerprint density at radius 3 is 2.23 bits per heavy atom. The van der Waals surface area contributed by atoms with Crippen molar-refractivity contribution in [3.05, 3.63) is 34.9 Å². The number of halogens is 1. The van der Waals surface area contributed by atoms with Crippen LogP contribution in [0.3, 0.4) is 0 Å². The van der Waals surface area contributed by atoms with E-state index in [9.17, 15) is 0 Å². The van der Waals surface area contributed by atoms with E-state index in [4.69, 9.17) is 11.6 Å². The summed E-state index contributed by atoms with van der Waals surface area (Å²) < 4.78 is 0. The van der Waals surface area contributed by atoms with Gasteiger partial charge in [-0.25, -0.2) is 0 Å². The van der Waals surface area contributed by atoms with Gasteiger partial charge in [-0.3, -0.25) is 0 Å². The lowest BCUT2D eigenvalue weighted by Gasteiger charge is -2.24. The minimum absolute atomic E-state index is 0.240. The van der Waals surface area contributed by atoms with Gasteiger partial charge < -0.3 is 0 Å². The Morgan fingerprint density at radius 1 is 1.23 bits per heavy atom. The maximum Gasteiger partial charge on any atom is 0.0406 e. The van der Waals surface area contributed by atoms with Gasteiger partial charge in [0.2, 0.25) is 0 Å². The van der Waals surface area contributed by atoms with Crippen LogP contribution in [0.15, 0.2) is 24.3 Å². The van der Waals surface area contributed by atoms with Gasteiger partial charge in [0, 0.05) is 10.8 Å². The molecule has 0 unspecified atom stereocenters.